The minimum Gasteiger partial charge on any atom is -0.432 e. The van der Waals surface area contributed by atoms with Gasteiger partial charge >= 0.3 is 16.4 Å². The Balaban J connectivity index is 0.976. The van der Waals surface area contributed by atoms with Gasteiger partial charge < -0.3 is 74.4 Å². The first-order chi connectivity index (χ1) is 32.0. The largest absolute Gasteiger partial charge is 0.432 e. The Kier molecular flexibility index (Phi) is 14.6. The molecule has 23 atom stereocenters. The summed E-state index contributed by atoms with van der Waals surface area (Å²) in [4.78, 5) is 15.0. The van der Waals surface area contributed by atoms with Crippen LogP contribution in [-0.2, 0) is 47.8 Å². The van der Waals surface area contributed by atoms with Crippen LogP contribution >= 0.6 is 0 Å². The standard InChI is InChI=1S/C48H78O20S/c1-22-30(50)32(52)35(55)40(63-22)66-38-25(20-49)64-39(37(57)34(38)54)62-21-26-31(51)33(53)36(56)41(65-26)67-42(58)48-17-15-43(2,3)19-24(48)23-9-10-28-45(6)13-12-29(68-69(59,60)61)44(4,5)27(45)11-14-47(28,8)46(23,7)16-18-48/h9,22,24-41,49-57H,10-21H2,1-8H3,(H,59,60,61)/t22-,24-,25+,26+,27-,28+,29-,30-,31+,32+,33-,34+,35+,36+,37+,38+,39+,40-,41-,45-,46+,47+,48-/m0/s1. The van der Waals surface area contributed by atoms with Crippen molar-refractivity contribution >= 4 is 16.4 Å². The third-order valence-corrected chi connectivity index (χ3v) is 19.9. The van der Waals surface area contributed by atoms with Gasteiger partial charge in [0.1, 0.15) is 67.1 Å². The topological polar surface area (TPSA) is 318 Å². The minimum atomic E-state index is -4.64. The molecule has 4 saturated carbocycles. The highest BCUT2D eigenvalue weighted by atomic mass is 32.3. The molecule has 0 unspecified atom stereocenters. The summed E-state index contributed by atoms with van der Waals surface area (Å²) in [6, 6.07) is 0. The van der Waals surface area contributed by atoms with E-state index in [1.165, 1.54) is 12.5 Å². The summed E-state index contributed by atoms with van der Waals surface area (Å²) < 4.78 is 73.5. The predicted octanol–water partition coefficient (Wildman–Crippen LogP) is 0.995. The van der Waals surface area contributed by atoms with E-state index in [-0.39, 0.29) is 39.4 Å². The fourth-order valence-electron chi connectivity index (χ4n) is 15.1. The van der Waals surface area contributed by atoms with Gasteiger partial charge in [0.2, 0.25) is 6.29 Å². The lowest BCUT2D eigenvalue weighted by Gasteiger charge is -2.71. The fourth-order valence-corrected chi connectivity index (χ4v) is 15.7. The first-order valence-corrected chi connectivity index (χ1v) is 26.2. The lowest BCUT2D eigenvalue weighted by atomic mass is 9.33. The van der Waals surface area contributed by atoms with Gasteiger partial charge in [-0.3, -0.25) is 9.35 Å². The third kappa shape index (κ3) is 8.99. The maximum absolute atomic E-state index is 15.0. The summed E-state index contributed by atoms with van der Waals surface area (Å²) in [5, 5.41) is 96.5. The summed E-state index contributed by atoms with van der Waals surface area (Å²) in [6.07, 6.45) is -15.9. The van der Waals surface area contributed by atoms with E-state index in [0.717, 1.165) is 32.1 Å². The number of esters is 1. The van der Waals surface area contributed by atoms with E-state index in [9.17, 15) is 63.7 Å². The number of ether oxygens (including phenoxy) is 6. The van der Waals surface area contributed by atoms with Crippen molar-refractivity contribution < 1.29 is 96.3 Å². The number of fused-ring (bicyclic) bond motifs is 7. The SMILES string of the molecule is C[C@@H]1O[C@@H](O[C@H]2[C@H](O)[C@@H](O)[C@H](OC[C@H]3O[C@@H](OC(=O)[C@]45CCC(C)(C)C[C@H]4C4=CC[C@@H]6[C@@]7(C)CC[C@H](OS(=O)(=O)O)C(C)(C)[C@@H]7CC[C@@]6(C)[C@]4(C)CC5)[C@H](O)[C@@H](O)[C@@H]3O)O[C@@H]2CO)[C@H](O)[C@H](O)[C@H]1O. The summed E-state index contributed by atoms with van der Waals surface area (Å²) in [5.74, 6) is -0.442. The number of hydrogen-bond donors (Lipinski definition) is 10. The molecule has 0 aromatic heterocycles. The molecule has 0 aromatic rings. The molecule has 8 rings (SSSR count). The van der Waals surface area contributed by atoms with Gasteiger partial charge in [-0.2, -0.15) is 8.42 Å². The number of rotatable bonds is 10. The average Bonchev–Trinajstić information content (AvgIpc) is 3.27. The normalized spacial score (nSPS) is 51.7. The molecule has 0 spiro atoms. The Labute approximate surface area is 404 Å². The van der Waals surface area contributed by atoms with Crippen LogP contribution in [0.25, 0.3) is 0 Å². The number of hydrogen-bond acceptors (Lipinski definition) is 19. The second-order valence-corrected chi connectivity index (χ2v) is 25.0. The molecule has 20 nitrogen and oxygen atoms in total. The molecular formula is C48H78O20S. The van der Waals surface area contributed by atoms with E-state index >= 15 is 0 Å². The third-order valence-electron chi connectivity index (χ3n) is 19.5. The van der Waals surface area contributed by atoms with Crippen LogP contribution in [0.5, 0.6) is 0 Å². The highest BCUT2D eigenvalue weighted by molar-refractivity contribution is 7.80. The molecule has 10 N–H and O–H groups in total. The van der Waals surface area contributed by atoms with Crippen molar-refractivity contribution in [2.45, 2.75) is 218 Å². The fraction of sp³-hybridized carbons (Fsp3) is 0.938. The molecule has 3 saturated heterocycles. The Bertz CT molecular complexity index is 2030. The van der Waals surface area contributed by atoms with E-state index in [4.69, 9.17) is 32.6 Å². The number of allylic oxidation sites excluding steroid dienone is 2. The van der Waals surface area contributed by atoms with Gasteiger partial charge in [0.05, 0.1) is 30.8 Å². The molecule has 3 heterocycles. The van der Waals surface area contributed by atoms with Gasteiger partial charge in [-0.25, -0.2) is 4.18 Å². The molecule has 396 valence electrons. The second kappa shape index (κ2) is 18.7. The van der Waals surface area contributed by atoms with Crippen molar-refractivity contribution in [2.75, 3.05) is 13.2 Å². The summed E-state index contributed by atoms with van der Waals surface area (Å²) in [7, 11) is -4.64. The number of carbonyl (C=O) groups is 1. The Morgan fingerprint density at radius 1 is 0.710 bits per heavy atom. The molecular weight excluding hydrogens is 929 g/mol. The van der Waals surface area contributed by atoms with Crippen molar-refractivity contribution in [3.05, 3.63) is 11.6 Å². The average molecular weight is 1010 g/mol. The van der Waals surface area contributed by atoms with Crippen LogP contribution in [0, 0.1) is 50.2 Å². The van der Waals surface area contributed by atoms with E-state index < -0.39 is 139 Å². The van der Waals surface area contributed by atoms with E-state index in [0.29, 0.717) is 32.1 Å². The molecule has 7 fully saturated rings. The molecule has 69 heavy (non-hydrogen) atoms. The molecule has 5 aliphatic carbocycles. The van der Waals surface area contributed by atoms with Crippen molar-refractivity contribution in [1.29, 1.82) is 0 Å². The summed E-state index contributed by atoms with van der Waals surface area (Å²) >= 11 is 0. The van der Waals surface area contributed by atoms with Gasteiger partial charge in [-0.15, -0.1) is 0 Å². The minimum absolute atomic E-state index is 0.121. The molecule has 21 heteroatoms. The highest BCUT2D eigenvalue weighted by Gasteiger charge is 2.70. The first kappa shape index (κ1) is 53.8. The zero-order valence-corrected chi connectivity index (χ0v) is 41.8. The van der Waals surface area contributed by atoms with Crippen molar-refractivity contribution in [2.24, 2.45) is 50.2 Å². The monoisotopic (exact) mass is 1010 g/mol. The van der Waals surface area contributed by atoms with Crippen molar-refractivity contribution in [1.82, 2.24) is 0 Å². The number of aliphatic hydroxyl groups excluding tert-OH is 9. The Hall–Kier alpha value is -1.48. The summed E-state index contributed by atoms with van der Waals surface area (Å²) in [5.41, 5.74) is -1.08. The van der Waals surface area contributed by atoms with Crippen molar-refractivity contribution in [3.8, 4) is 0 Å². The van der Waals surface area contributed by atoms with Crippen LogP contribution in [0.15, 0.2) is 11.6 Å². The maximum Gasteiger partial charge on any atom is 0.397 e. The van der Waals surface area contributed by atoms with E-state index in [1.54, 1.807) is 0 Å². The zero-order valence-electron chi connectivity index (χ0n) is 41.0. The first-order valence-electron chi connectivity index (χ1n) is 24.8. The zero-order chi connectivity index (χ0) is 50.8. The van der Waals surface area contributed by atoms with Crippen LogP contribution in [0.3, 0.4) is 0 Å². The molecule has 8 aliphatic rings. The highest BCUT2D eigenvalue weighted by Crippen LogP contribution is 2.76. The Morgan fingerprint density at radius 3 is 2.00 bits per heavy atom. The van der Waals surface area contributed by atoms with Gasteiger partial charge in [0.15, 0.2) is 12.6 Å². The second-order valence-electron chi connectivity index (χ2n) is 24.0. The number of carbonyl (C=O) groups excluding carboxylic acids is 1. The van der Waals surface area contributed by atoms with Crippen LogP contribution < -0.4 is 0 Å². The van der Waals surface area contributed by atoms with E-state index in [1.807, 2.05) is 0 Å². The predicted molar refractivity (Wildman–Crippen MR) is 239 cm³/mol. The van der Waals surface area contributed by atoms with Crippen LogP contribution in [0.2, 0.25) is 0 Å². The van der Waals surface area contributed by atoms with Gasteiger partial charge in [0, 0.05) is 0 Å². The van der Waals surface area contributed by atoms with Crippen LogP contribution in [0.1, 0.15) is 120 Å². The van der Waals surface area contributed by atoms with Crippen LogP contribution in [0.4, 0.5) is 0 Å². The van der Waals surface area contributed by atoms with Gasteiger partial charge in [-0.1, -0.05) is 60.1 Å². The summed E-state index contributed by atoms with van der Waals surface area (Å²) in [6.45, 7) is 15.6. The Morgan fingerprint density at radius 2 is 1.33 bits per heavy atom. The lowest BCUT2D eigenvalue weighted by Crippen LogP contribution is -2.65. The molecule has 0 amide bonds. The molecule has 0 aromatic carbocycles. The van der Waals surface area contributed by atoms with Gasteiger partial charge in [-0.05, 0) is 116 Å². The van der Waals surface area contributed by atoms with Crippen LogP contribution in [-0.4, -0.2) is 176 Å². The molecule has 0 bridgehead atoms. The lowest BCUT2D eigenvalue weighted by molar-refractivity contribution is -0.361. The molecule has 3 aliphatic heterocycles. The quantitative estimate of drug-likeness (QED) is 0.0829. The van der Waals surface area contributed by atoms with E-state index in [2.05, 4.69) is 54.5 Å². The molecule has 0 radical (unpaired) electrons. The maximum atomic E-state index is 15.0. The van der Waals surface area contributed by atoms with Gasteiger partial charge in [0.25, 0.3) is 0 Å². The smallest absolute Gasteiger partial charge is 0.397 e. The number of aliphatic hydroxyl groups is 9. The van der Waals surface area contributed by atoms with Crippen molar-refractivity contribution in [3.63, 3.8) is 0 Å².